The molecule has 0 radical (unpaired) electrons. The summed E-state index contributed by atoms with van der Waals surface area (Å²) in [4.78, 5) is 0.476. The van der Waals surface area contributed by atoms with Gasteiger partial charge in [-0.3, -0.25) is 0 Å². The molecular formula is C9H8ClF3S. The molecule has 0 saturated carbocycles. The van der Waals surface area contributed by atoms with Crippen molar-refractivity contribution in [2.45, 2.75) is 18.0 Å². The van der Waals surface area contributed by atoms with Crippen molar-refractivity contribution in [3.63, 3.8) is 0 Å². The highest BCUT2D eigenvalue weighted by atomic mass is 35.5. The summed E-state index contributed by atoms with van der Waals surface area (Å²) >= 11 is 6.45. The Hall–Kier alpha value is -0.350. The predicted molar refractivity (Wildman–Crippen MR) is 53.0 cm³/mol. The highest BCUT2D eigenvalue weighted by Gasteiger charge is 2.27. The van der Waals surface area contributed by atoms with Crippen molar-refractivity contribution in [1.29, 1.82) is 0 Å². The zero-order valence-electron chi connectivity index (χ0n) is 7.36. The quantitative estimate of drug-likeness (QED) is 0.695. The van der Waals surface area contributed by atoms with Gasteiger partial charge in [0, 0.05) is 4.90 Å². The average molecular weight is 241 g/mol. The van der Waals surface area contributed by atoms with E-state index in [-0.39, 0.29) is 0 Å². The van der Waals surface area contributed by atoms with Gasteiger partial charge in [0.1, 0.15) is 0 Å². The lowest BCUT2D eigenvalue weighted by atomic mass is 10.2. The fraction of sp³-hybridized carbons (Fsp3) is 0.333. The molecule has 0 aromatic heterocycles. The first-order chi connectivity index (χ1) is 6.38. The summed E-state index contributed by atoms with van der Waals surface area (Å²) in [5, 5.41) is 0.366. The zero-order chi connectivity index (χ0) is 10.8. The summed E-state index contributed by atoms with van der Waals surface area (Å²) < 4.78 is 35.7. The molecule has 0 heterocycles. The summed E-state index contributed by atoms with van der Waals surface area (Å²) in [5.74, 6) is -0.907. The first-order valence-electron chi connectivity index (χ1n) is 3.84. The maximum atomic E-state index is 11.9. The van der Waals surface area contributed by atoms with Crippen LogP contribution in [0.3, 0.4) is 0 Å². The first-order valence-corrected chi connectivity index (χ1v) is 5.20. The van der Waals surface area contributed by atoms with E-state index in [1.807, 2.05) is 6.92 Å². The molecule has 1 aromatic carbocycles. The Labute approximate surface area is 89.4 Å². The lowest BCUT2D eigenvalue weighted by Gasteiger charge is -2.07. The van der Waals surface area contributed by atoms with Crippen molar-refractivity contribution in [2.24, 2.45) is 0 Å². The van der Waals surface area contributed by atoms with Gasteiger partial charge in [-0.1, -0.05) is 17.7 Å². The highest BCUT2D eigenvalue weighted by Crippen LogP contribution is 2.32. The summed E-state index contributed by atoms with van der Waals surface area (Å²) in [5.41, 5.74) is 0.902. The molecule has 0 saturated heterocycles. The molecule has 1 aromatic rings. The van der Waals surface area contributed by atoms with Crippen molar-refractivity contribution in [1.82, 2.24) is 0 Å². The minimum Gasteiger partial charge on any atom is -0.170 e. The predicted octanol–water partition coefficient (Wildman–Crippen LogP) is 4.30. The van der Waals surface area contributed by atoms with Gasteiger partial charge in [0.15, 0.2) is 0 Å². The third kappa shape index (κ3) is 3.80. The second-order valence-corrected chi connectivity index (χ2v) is 4.26. The van der Waals surface area contributed by atoms with Crippen LogP contribution in [0.1, 0.15) is 5.56 Å². The van der Waals surface area contributed by atoms with E-state index in [9.17, 15) is 13.2 Å². The Morgan fingerprint density at radius 3 is 2.57 bits per heavy atom. The SMILES string of the molecule is Cc1ccc(Cl)c(SCC(F)(F)F)c1. The van der Waals surface area contributed by atoms with E-state index in [0.29, 0.717) is 21.7 Å². The Bertz CT molecular complexity index is 322. The Kier molecular flexibility index (Phi) is 3.72. The van der Waals surface area contributed by atoms with Crippen LogP contribution in [0.4, 0.5) is 13.2 Å². The van der Waals surface area contributed by atoms with Crippen molar-refractivity contribution in [3.05, 3.63) is 28.8 Å². The number of halogens is 4. The van der Waals surface area contributed by atoms with Gasteiger partial charge in [-0.25, -0.2) is 0 Å². The molecule has 0 amide bonds. The molecule has 0 fully saturated rings. The number of benzene rings is 1. The fourth-order valence-corrected chi connectivity index (χ4v) is 1.96. The second-order valence-electron chi connectivity index (χ2n) is 2.84. The molecular weight excluding hydrogens is 233 g/mol. The zero-order valence-corrected chi connectivity index (χ0v) is 8.93. The Morgan fingerprint density at radius 2 is 2.00 bits per heavy atom. The standard InChI is InChI=1S/C9H8ClF3S/c1-6-2-3-7(10)8(4-6)14-5-9(11,12)13/h2-4H,5H2,1H3. The number of aryl methyl sites for hydroxylation is 1. The number of thioether (sulfide) groups is 1. The topological polar surface area (TPSA) is 0 Å². The third-order valence-electron chi connectivity index (χ3n) is 1.48. The molecule has 0 nitrogen and oxygen atoms in total. The van der Waals surface area contributed by atoms with Crippen LogP contribution >= 0.6 is 23.4 Å². The number of alkyl halides is 3. The maximum absolute atomic E-state index is 11.9. The molecule has 0 aliphatic heterocycles. The van der Waals surface area contributed by atoms with Crippen molar-refractivity contribution < 1.29 is 13.2 Å². The van der Waals surface area contributed by atoms with E-state index < -0.39 is 11.9 Å². The van der Waals surface area contributed by atoms with E-state index in [0.717, 1.165) is 5.56 Å². The molecule has 0 spiro atoms. The monoisotopic (exact) mass is 240 g/mol. The minimum absolute atomic E-state index is 0.366. The number of hydrogen-bond donors (Lipinski definition) is 0. The molecule has 5 heteroatoms. The number of rotatable bonds is 2. The minimum atomic E-state index is -4.16. The van der Waals surface area contributed by atoms with Gasteiger partial charge in [-0.05, 0) is 24.6 Å². The van der Waals surface area contributed by atoms with Gasteiger partial charge in [0.2, 0.25) is 0 Å². The fourth-order valence-electron chi connectivity index (χ4n) is 0.881. The van der Waals surface area contributed by atoms with Crippen LogP contribution in [0.5, 0.6) is 0 Å². The summed E-state index contributed by atoms with van der Waals surface area (Å²) in [6, 6.07) is 5.02. The smallest absolute Gasteiger partial charge is 0.170 e. The van der Waals surface area contributed by atoms with Crippen molar-refractivity contribution in [2.75, 3.05) is 5.75 Å². The molecule has 0 atom stereocenters. The van der Waals surface area contributed by atoms with Crippen LogP contribution in [0.25, 0.3) is 0 Å². The van der Waals surface area contributed by atoms with Crippen LogP contribution in [0.2, 0.25) is 5.02 Å². The van der Waals surface area contributed by atoms with Gasteiger partial charge in [0.25, 0.3) is 0 Å². The van der Waals surface area contributed by atoms with Crippen LogP contribution in [-0.4, -0.2) is 11.9 Å². The lowest BCUT2D eigenvalue weighted by Crippen LogP contribution is -2.10. The van der Waals surface area contributed by atoms with Gasteiger partial charge in [0.05, 0.1) is 10.8 Å². The lowest BCUT2D eigenvalue weighted by molar-refractivity contribution is -0.105. The van der Waals surface area contributed by atoms with Crippen LogP contribution in [-0.2, 0) is 0 Å². The summed E-state index contributed by atoms with van der Waals surface area (Å²) in [7, 11) is 0. The summed E-state index contributed by atoms with van der Waals surface area (Å²) in [6.07, 6.45) is -4.16. The maximum Gasteiger partial charge on any atom is 0.398 e. The molecule has 14 heavy (non-hydrogen) atoms. The van der Waals surface area contributed by atoms with Gasteiger partial charge in [-0.2, -0.15) is 13.2 Å². The van der Waals surface area contributed by atoms with Crippen LogP contribution < -0.4 is 0 Å². The molecule has 0 N–H and O–H groups in total. The van der Waals surface area contributed by atoms with Gasteiger partial charge >= 0.3 is 6.18 Å². The second kappa shape index (κ2) is 4.45. The molecule has 0 aliphatic rings. The van der Waals surface area contributed by atoms with Crippen molar-refractivity contribution >= 4 is 23.4 Å². The Morgan fingerprint density at radius 1 is 1.36 bits per heavy atom. The third-order valence-corrected chi connectivity index (χ3v) is 3.04. The molecule has 0 aliphatic carbocycles. The number of hydrogen-bond acceptors (Lipinski definition) is 1. The van der Waals surface area contributed by atoms with Crippen molar-refractivity contribution in [3.8, 4) is 0 Å². The van der Waals surface area contributed by atoms with Gasteiger partial charge < -0.3 is 0 Å². The van der Waals surface area contributed by atoms with E-state index in [2.05, 4.69) is 0 Å². The summed E-state index contributed by atoms with van der Waals surface area (Å²) in [6.45, 7) is 1.81. The molecule has 0 unspecified atom stereocenters. The highest BCUT2D eigenvalue weighted by molar-refractivity contribution is 7.99. The molecule has 0 bridgehead atoms. The average Bonchev–Trinajstić information content (AvgIpc) is 2.05. The largest absolute Gasteiger partial charge is 0.398 e. The normalized spacial score (nSPS) is 11.8. The van der Waals surface area contributed by atoms with E-state index in [4.69, 9.17) is 11.6 Å². The molecule has 78 valence electrons. The first kappa shape index (κ1) is 11.7. The van der Waals surface area contributed by atoms with Gasteiger partial charge in [-0.15, -0.1) is 11.8 Å². The Balaban J connectivity index is 2.72. The van der Waals surface area contributed by atoms with E-state index in [1.54, 1.807) is 18.2 Å². The van der Waals surface area contributed by atoms with E-state index in [1.165, 1.54) is 0 Å². The van der Waals surface area contributed by atoms with Crippen LogP contribution in [0.15, 0.2) is 23.1 Å². The van der Waals surface area contributed by atoms with E-state index >= 15 is 0 Å². The van der Waals surface area contributed by atoms with Crippen LogP contribution in [0, 0.1) is 6.92 Å². The molecule has 1 rings (SSSR count).